The molecule has 2 aliphatic rings. The van der Waals surface area contributed by atoms with Gasteiger partial charge in [-0.1, -0.05) is 30.3 Å². The van der Waals surface area contributed by atoms with E-state index in [-0.39, 0.29) is 11.9 Å². The van der Waals surface area contributed by atoms with Crippen LogP contribution in [0, 0.1) is 0 Å². The van der Waals surface area contributed by atoms with Crippen molar-refractivity contribution in [3.63, 3.8) is 0 Å². The van der Waals surface area contributed by atoms with Gasteiger partial charge in [-0.15, -0.1) is 0 Å². The maximum Gasteiger partial charge on any atom is 0.331 e. The van der Waals surface area contributed by atoms with Gasteiger partial charge in [0, 0.05) is 27.1 Å². The van der Waals surface area contributed by atoms with Gasteiger partial charge in [0.05, 0.1) is 13.4 Å². The Labute approximate surface area is 154 Å². The minimum absolute atomic E-state index is 0.0615. The van der Waals surface area contributed by atoms with Gasteiger partial charge in [0.1, 0.15) is 11.1 Å². The molecule has 1 amide bonds. The average molecular weight is 357 g/mol. The van der Waals surface area contributed by atoms with Crippen molar-refractivity contribution in [1.29, 1.82) is 0 Å². The maximum absolute atomic E-state index is 13.6. The molecule has 0 spiro atoms. The summed E-state index contributed by atoms with van der Waals surface area (Å²) >= 11 is 0. The summed E-state index contributed by atoms with van der Waals surface area (Å²) in [4.78, 5) is 34.3. The molecule has 6 heteroatoms. The van der Waals surface area contributed by atoms with Crippen molar-refractivity contribution in [3.8, 4) is 0 Å². The molecule has 6 nitrogen and oxygen atoms in total. The van der Waals surface area contributed by atoms with Crippen LogP contribution in [0.2, 0.25) is 0 Å². The lowest BCUT2D eigenvalue weighted by molar-refractivity contribution is -0.166. The number of ether oxygens (including phenoxy) is 1. The van der Waals surface area contributed by atoms with Crippen molar-refractivity contribution in [2.75, 3.05) is 27.7 Å². The highest BCUT2D eigenvalue weighted by Crippen LogP contribution is 2.44. The van der Waals surface area contributed by atoms with Crippen molar-refractivity contribution < 1.29 is 14.3 Å². The van der Waals surface area contributed by atoms with Gasteiger partial charge in [0.15, 0.2) is 0 Å². The predicted molar refractivity (Wildman–Crippen MR) is 100.0 cm³/mol. The zero-order valence-corrected chi connectivity index (χ0v) is 15.8. The van der Waals surface area contributed by atoms with Crippen LogP contribution in [-0.2, 0) is 20.7 Å². The largest absolute Gasteiger partial charge is 0.467 e. The Hall–Kier alpha value is -2.37. The minimum Gasteiger partial charge on any atom is -0.467 e. The number of hydrogen-bond acceptors (Lipinski definition) is 4. The molecule has 3 rings (SSSR count). The van der Waals surface area contributed by atoms with Crippen molar-refractivity contribution in [1.82, 2.24) is 9.80 Å². The van der Waals surface area contributed by atoms with Gasteiger partial charge in [-0.2, -0.15) is 0 Å². The molecular formula is C20H27N3O3. The van der Waals surface area contributed by atoms with Crippen LogP contribution in [0.5, 0.6) is 0 Å². The number of carbonyl (C=O) groups is 2. The molecule has 0 N–H and O–H groups in total. The number of esters is 1. The van der Waals surface area contributed by atoms with E-state index in [0.717, 1.165) is 12.0 Å². The Bertz CT molecular complexity index is 704. The number of methoxy groups -OCH3 is 1. The minimum atomic E-state index is -0.868. The number of carbonyl (C=O) groups excluding carboxylic acids is 2. The molecule has 0 aliphatic carbocycles. The Balaban J connectivity index is 1.98. The van der Waals surface area contributed by atoms with Crippen LogP contribution in [0.25, 0.3) is 0 Å². The fourth-order valence-electron chi connectivity index (χ4n) is 4.20. The zero-order valence-electron chi connectivity index (χ0n) is 15.8. The van der Waals surface area contributed by atoms with Crippen molar-refractivity contribution in [2.24, 2.45) is 4.99 Å². The summed E-state index contributed by atoms with van der Waals surface area (Å²) in [6.07, 6.45) is 4.86. The van der Waals surface area contributed by atoms with Crippen LogP contribution in [-0.4, -0.2) is 66.8 Å². The molecular weight excluding hydrogens is 330 g/mol. The Morgan fingerprint density at radius 2 is 2.00 bits per heavy atom. The van der Waals surface area contributed by atoms with Crippen molar-refractivity contribution in [2.45, 2.75) is 43.2 Å². The number of amides is 1. The molecule has 140 valence electrons. The highest BCUT2D eigenvalue weighted by Gasteiger charge is 2.59. The quantitative estimate of drug-likeness (QED) is 0.459. The van der Waals surface area contributed by atoms with E-state index in [1.165, 1.54) is 7.11 Å². The van der Waals surface area contributed by atoms with Gasteiger partial charge in [-0.25, -0.2) is 4.79 Å². The van der Waals surface area contributed by atoms with Gasteiger partial charge >= 0.3 is 5.97 Å². The molecule has 2 heterocycles. The zero-order chi connectivity index (χ0) is 18.8. The van der Waals surface area contributed by atoms with E-state index in [1.54, 1.807) is 11.2 Å². The highest BCUT2D eigenvalue weighted by molar-refractivity contribution is 5.96. The van der Waals surface area contributed by atoms with E-state index in [1.807, 2.05) is 49.3 Å². The summed E-state index contributed by atoms with van der Waals surface area (Å²) in [5.41, 5.74) is -0.603. The second-order valence-corrected chi connectivity index (χ2v) is 7.49. The van der Waals surface area contributed by atoms with Gasteiger partial charge in [0.2, 0.25) is 0 Å². The summed E-state index contributed by atoms with van der Waals surface area (Å²) in [6, 6.07) is 9.95. The molecule has 0 unspecified atom stereocenters. The number of benzene rings is 1. The molecule has 26 heavy (non-hydrogen) atoms. The second-order valence-electron chi connectivity index (χ2n) is 7.49. The second kappa shape index (κ2) is 7.09. The number of nitrogens with zero attached hydrogens (tertiary/aromatic N) is 3. The van der Waals surface area contributed by atoms with Gasteiger partial charge < -0.3 is 14.5 Å². The first kappa shape index (κ1) is 18.4. The monoisotopic (exact) mass is 357 g/mol. The Kier molecular flexibility index (Phi) is 5.03. The number of fused-ring (bicyclic) bond motifs is 1. The lowest BCUT2D eigenvalue weighted by Crippen LogP contribution is -2.64. The third kappa shape index (κ3) is 3.08. The third-order valence-electron chi connectivity index (χ3n) is 5.52. The van der Waals surface area contributed by atoms with Gasteiger partial charge in [-0.05, 0) is 31.2 Å². The van der Waals surface area contributed by atoms with Crippen molar-refractivity contribution in [3.05, 3.63) is 35.9 Å². The van der Waals surface area contributed by atoms with Crippen LogP contribution >= 0.6 is 0 Å². The molecule has 2 fully saturated rings. The number of piperidine rings is 1. The standard InChI is InChI=1S/C20H27N3O3/c1-22(2)15-21-19(14-16-8-5-4-6-9-16)11-12-20(18(25)26-3)10-7-13-23(20)17(19)24/h4-6,8-9,15H,7,10-14H2,1-3H3/t19-,20+/m0/s1. The molecule has 0 aromatic heterocycles. The van der Waals surface area contributed by atoms with E-state index in [0.29, 0.717) is 32.2 Å². The summed E-state index contributed by atoms with van der Waals surface area (Å²) < 4.78 is 5.05. The van der Waals surface area contributed by atoms with Crippen molar-refractivity contribution >= 4 is 18.2 Å². The fourth-order valence-corrected chi connectivity index (χ4v) is 4.20. The first-order valence-corrected chi connectivity index (χ1v) is 9.10. The first-order valence-electron chi connectivity index (χ1n) is 9.10. The molecule has 1 aromatic carbocycles. The Morgan fingerprint density at radius 3 is 2.65 bits per heavy atom. The molecule has 2 atom stereocenters. The number of aliphatic imine (C=N–C) groups is 1. The van der Waals surface area contributed by atoms with E-state index >= 15 is 0 Å². The number of hydrogen-bond donors (Lipinski definition) is 0. The van der Waals surface area contributed by atoms with Crippen LogP contribution in [0.15, 0.2) is 35.3 Å². The summed E-state index contributed by atoms with van der Waals surface area (Å²) in [7, 11) is 5.18. The van der Waals surface area contributed by atoms with E-state index in [4.69, 9.17) is 9.73 Å². The fraction of sp³-hybridized carbons (Fsp3) is 0.550. The summed E-state index contributed by atoms with van der Waals surface area (Å²) in [5, 5.41) is 0. The molecule has 0 bridgehead atoms. The van der Waals surface area contributed by atoms with Gasteiger partial charge in [-0.3, -0.25) is 9.79 Å². The molecule has 2 aliphatic heterocycles. The topological polar surface area (TPSA) is 62.2 Å². The maximum atomic E-state index is 13.6. The van der Waals surface area contributed by atoms with Crippen LogP contribution in [0.3, 0.4) is 0 Å². The number of rotatable bonds is 5. The average Bonchev–Trinajstić information content (AvgIpc) is 3.09. The highest BCUT2D eigenvalue weighted by atomic mass is 16.5. The van der Waals surface area contributed by atoms with E-state index in [9.17, 15) is 9.59 Å². The first-order chi connectivity index (χ1) is 12.4. The Morgan fingerprint density at radius 1 is 1.27 bits per heavy atom. The lowest BCUT2D eigenvalue weighted by atomic mass is 9.75. The van der Waals surface area contributed by atoms with Crippen LogP contribution in [0.4, 0.5) is 0 Å². The lowest BCUT2D eigenvalue weighted by Gasteiger charge is -2.46. The molecule has 2 saturated heterocycles. The predicted octanol–water partition coefficient (Wildman–Crippen LogP) is 1.89. The normalized spacial score (nSPS) is 28.3. The van der Waals surface area contributed by atoms with E-state index in [2.05, 4.69) is 0 Å². The smallest absolute Gasteiger partial charge is 0.331 e. The third-order valence-corrected chi connectivity index (χ3v) is 5.52. The molecule has 1 aromatic rings. The molecule has 0 radical (unpaired) electrons. The van der Waals surface area contributed by atoms with E-state index < -0.39 is 11.1 Å². The van der Waals surface area contributed by atoms with Crippen LogP contribution < -0.4 is 0 Å². The summed E-state index contributed by atoms with van der Waals surface area (Å²) in [6.45, 7) is 0.585. The van der Waals surface area contributed by atoms with Gasteiger partial charge in [0.25, 0.3) is 5.91 Å². The van der Waals surface area contributed by atoms with Crippen LogP contribution in [0.1, 0.15) is 31.2 Å². The molecule has 0 saturated carbocycles. The SMILES string of the molecule is COC(=O)[C@]12CCCN1C(=O)[C@](Cc1ccccc1)(N=CN(C)C)CC2. The summed E-state index contributed by atoms with van der Waals surface area (Å²) in [5.74, 6) is -0.359.